The van der Waals surface area contributed by atoms with E-state index in [1.807, 2.05) is 0 Å². The Morgan fingerprint density at radius 2 is 1.19 bits per heavy atom. The van der Waals surface area contributed by atoms with E-state index >= 15 is 0 Å². The van der Waals surface area contributed by atoms with Crippen molar-refractivity contribution in [3.05, 3.63) is 0 Å². The van der Waals surface area contributed by atoms with Gasteiger partial charge in [0.1, 0.15) is 61.0 Å². The van der Waals surface area contributed by atoms with E-state index in [-0.39, 0.29) is 6.61 Å². The Labute approximate surface area is 208 Å². The second kappa shape index (κ2) is 13.0. The smallest absolute Gasteiger partial charge is 0.187 e. The SMILES string of the molecule is CCO[C@@H]1OC(CO)[C@@H](O[C@H]2OC(C)[C@@H](O)C(O)C2O)C(O[C@@H]2OC(CO)[C@H](O)C(O)C2O)C1NC. The molecule has 0 aliphatic carbocycles. The van der Waals surface area contributed by atoms with Crippen molar-refractivity contribution in [2.75, 3.05) is 26.9 Å². The van der Waals surface area contributed by atoms with E-state index in [1.54, 1.807) is 14.0 Å². The molecule has 0 radical (unpaired) electrons. The highest BCUT2D eigenvalue weighted by Crippen LogP contribution is 2.33. The maximum absolute atomic E-state index is 10.5. The molecule has 0 bridgehead atoms. The fourth-order valence-corrected chi connectivity index (χ4v) is 4.60. The molecule has 36 heavy (non-hydrogen) atoms. The van der Waals surface area contributed by atoms with Gasteiger partial charge in [-0.2, -0.15) is 0 Å². The third kappa shape index (κ3) is 6.01. The highest BCUT2D eigenvalue weighted by atomic mass is 16.8. The van der Waals surface area contributed by atoms with Crippen LogP contribution in [0.4, 0.5) is 0 Å². The van der Waals surface area contributed by atoms with Crippen LogP contribution in [0, 0.1) is 0 Å². The summed E-state index contributed by atoms with van der Waals surface area (Å²) in [4.78, 5) is 0. The first kappa shape index (κ1) is 29.9. The summed E-state index contributed by atoms with van der Waals surface area (Å²) in [6, 6.07) is -0.821. The lowest BCUT2D eigenvalue weighted by atomic mass is 9.94. The van der Waals surface area contributed by atoms with Crippen LogP contribution in [0.1, 0.15) is 13.8 Å². The number of aliphatic hydroxyl groups excluding tert-OH is 8. The van der Waals surface area contributed by atoms with E-state index < -0.39 is 105 Å². The predicted octanol–water partition coefficient (Wildman–Crippen LogP) is -5.27. The summed E-state index contributed by atoms with van der Waals surface area (Å²) in [6.45, 7) is 2.16. The molecule has 0 aromatic heterocycles. The molecular weight excluding hydrogens is 490 g/mol. The molecule has 0 spiro atoms. The fourth-order valence-electron chi connectivity index (χ4n) is 4.60. The first-order chi connectivity index (χ1) is 17.1. The number of aliphatic hydroxyl groups is 8. The Bertz CT molecular complexity index is 675. The van der Waals surface area contributed by atoms with Gasteiger partial charge in [-0.25, -0.2) is 0 Å². The number of rotatable bonds is 9. The summed E-state index contributed by atoms with van der Waals surface area (Å²) in [6.07, 6.45) is -19.3. The van der Waals surface area contributed by atoms with Crippen molar-refractivity contribution >= 4 is 0 Å². The molecular formula is C21H39NO14. The molecule has 9 unspecified atom stereocenters. The Kier molecular flexibility index (Phi) is 10.8. The van der Waals surface area contributed by atoms with Crippen molar-refractivity contribution < 1.29 is 69.3 Å². The molecule has 15 heteroatoms. The van der Waals surface area contributed by atoms with Gasteiger partial charge in [-0.3, -0.25) is 0 Å². The largest absolute Gasteiger partial charge is 0.394 e. The Hall–Kier alpha value is -0.600. The molecule has 3 aliphatic rings. The highest BCUT2D eigenvalue weighted by molar-refractivity contribution is 4.98. The van der Waals surface area contributed by atoms with Crippen LogP contribution in [-0.2, 0) is 28.4 Å². The lowest BCUT2D eigenvalue weighted by Crippen LogP contribution is -2.69. The monoisotopic (exact) mass is 529 g/mol. The minimum Gasteiger partial charge on any atom is -0.394 e. The zero-order valence-electron chi connectivity index (χ0n) is 20.3. The second-order valence-electron chi connectivity index (χ2n) is 9.08. The molecule has 0 saturated carbocycles. The van der Waals surface area contributed by atoms with Gasteiger partial charge in [0.15, 0.2) is 18.9 Å². The Morgan fingerprint density at radius 1 is 0.667 bits per heavy atom. The molecule has 3 fully saturated rings. The van der Waals surface area contributed by atoms with Gasteiger partial charge >= 0.3 is 0 Å². The quantitative estimate of drug-likeness (QED) is 0.136. The summed E-state index contributed by atoms with van der Waals surface area (Å²) in [5.41, 5.74) is 0. The average Bonchev–Trinajstić information content (AvgIpc) is 2.87. The van der Waals surface area contributed by atoms with E-state index in [0.29, 0.717) is 0 Å². The summed E-state index contributed by atoms with van der Waals surface area (Å²) in [7, 11) is 1.56. The lowest BCUT2D eigenvalue weighted by molar-refractivity contribution is -0.373. The summed E-state index contributed by atoms with van der Waals surface area (Å²) < 4.78 is 34.4. The molecule has 9 N–H and O–H groups in total. The lowest BCUT2D eigenvalue weighted by Gasteiger charge is -2.50. The van der Waals surface area contributed by atoms with Crippen LogP contribution in [0.2, 0.25) is 0 Å². The molecule has 3 heterocycles. The number of hydrogen-bond acceptors (Lipinski definition) is 15. The van der Waals surface area contributed by atoms with Gasteiger partial charge in [0, 0.05) is 6.61 Å². The van der Waals surface area contributed by atoms with Crippen LogP contribution >= 0.6 is 0 Å². The van der Waals surface area contributed by atoms with Gasteiger partial charge in [-0.15, -0.1) is 0 Å². The van der Waals surface area contributed by atoms with Gasteiger partial charge in [0.05, 0.1) is 25.4 Å². The Balaban J connectivity index is 1.91. The van der Waals surface area contributed by atoms with Crippen LogP contribution < -0.4 is 5.32 Å². The topological polar surface area (TPSA) is 229 Å². The van der Waals surface area contributed by atoms with Crippen LogP contribution in [0.25, 0.3) is 0 Å². The minimum absolute atomic E-state index is 0.228. The first-order valence-corrected chi connectivity index (χ1v) is 12.0. The molecule has 0 amide bonds. The van der Waals surface area contributed by atoms with Gasteiger partial charge in [0.2, 0.25) is 0 Å². The zero-order chi connectivity index (χ0) is 26.7. The fraction of sp³-hybridized carbons (Fsp3) is 1.00. The van der Waals surface area contributed by atoms with Crippen molar-refractivity contribution in [1.29, 1.82) is 0 Å². The van der Waals surface area contributed by atoms with Crippen LogP contribution in [0.15, 0.2) is 0 Å². The van der Waals surface area contributed by atoms with Crippen molar-refractivity contribution in [3.8, 4) is 0 Å². The van der Waals surface area contributed by atoms with E-state index in [0.717, 1.165) is 0 Å². The summed E-state index contributed by atoms with van der Waals surface area (Å²) in [5.74, 6) is 0. The van der Waals surface area contributed by atoms with Crippen LogP contribution in [0.3, 0.4) is 0 Å². The van der Waals surface area contributed by atoms with Crippen LogP contribution in [-0.4, -0.2) is 160 Å². The van der Waals surface area contributed by atoms with Crippen molar-refractivity contribution in [3.63, 3.8) is 0 Å². The van der Waals surface area contributed by atoms with Gasteiger partial charge in [-0.05, 0) is 20.9 Å². The minimum atomic E-state index is -1.73. The number of hydrogen-bond donors (Lipinski definition) is 9. The molecule has 0 aromatic carbocycles. The predicted molar refractivity (Wildman–Crippen MR) is 116 cm³/mol. The maximum atomic E-state index is 10.5. The van der Waals surface area contributed by atoms with Gasteiger partial charge in [-0.1, -0.05) is 0 Å². The standard InChI is InChI=1S/C21H39NO14/c1-4-31-19-10(22-3)18(36-21-16(30)14(28)12(26)8(5-23)33-21)17(9(6-24)34-19)35-20-15(29)13(27)11(25)7(2)32-20/h7-30H,4-6H2,1-3H3/t7?,8?,9?,10?,11-,12+,13?,14?,15?,16?,17-,18?,19-,20-,21+/m1/s1. The highest BCUT2D eigenvalue weighted by Gasteiger charge is 2.54. The molecule has 0 aromatic rings. The van der Waals surface area contributed by atoms with E-state index in [2.05, 4.69) is 5.32 Å². The normalized spacial score (nSPS) is 50.2. The van der Waals surface area contributed by atoms with Crippen molar-refractivity contribution in [1.82, 2.24) is 5.32 Å². The molecule has 3 rings (SSSR count). The maximum Gasteiger partial charge on any atom is 0.187 e. The Morgan fingerprint density at radius 3 is 1.75 bits per heavy atom. The number of nitrogens with one attached hydrogen (secondary N) is 1. The third-order valence-electron chi connectivity index (χ3n) is 6.73. The van der Waals surface area contributed by atoms with Crippen LogP contribution in [0.5, 0.6) is 0 Å². The van der Waals surface area contributed by atoms with Gasteiger partial charge in [0.25, 0.3) is 0 Å². The van der Waals surface area contributed by atoms with Crippen molar-refractivity contribution in [2.24, 2.45) is 0 Å². The molecule has 3 aliphatic heterocycles. The average molecular weight is 530 g/mol. The molecule has 15 atom stereocenters. The summed E-state index contributed by atoms with van der Waals surface area (Å²) >= 11 is 0. The van der Waals surface area contributed by atoms with E-state index in [4.69, 9.17) is 28.4 Å². The van der Waals surface area contributed by atoms with E-state index in [1.165, 1.54) is 6.92 Å². The van der Waals surface area contributed by atoms with Gasteiger partial charge < -0.3 is 74.6 Å². The zero-order valence-corrected chi connectivity index (χ0v) is 20.3. The van der Waals surface area contributed by atoms with Crippen molar-refractivity contribution in [2.45, 2.75) is 106 Å². The third-order valence-corrected chi connectivity index (χ3v) is 6.73. The molecule has 212 valence electrons. The second-order valence-corrected chi connectivity index (χ2v) is 9.08. The first-order valence-electron chi connectivity index (χ1n) is 12.0. The number of ether oxygens (including phenoxy) is 6. The molecule has 15 nitrogen and oxygen atoms in total. The number of likely N-dealkylation sites (N-methyl/N-ethyl adjacent to an activating group) is 1. The van der Waals surface area contributed by atoms with E-state index in [9.17, 15) is 40.9 Å². The summed E-state index contributed by atoms with van der Waals surface area (Å²) in [5, 5.41) is 84.0. The molecule has 3 saturated heterocycles.